The summed E-state index contributed by atoms with van der Waals surface area (Å²) in [7, 11) is 0. The summed E-state index contributed by atoms with van der Waals surface area (Å²) in [6.07, 6.45) is 0.844. The van der Waals surface area contributed by atoms with Crippen LogP contribution in [0.25, 0.3) is 0 Å². The maximum absolute atomic E-state index is 12.6. The van der Waals surface area contributed by atoms with E-state index in [0.717, 1.165) is 17.7 Å². The van der Waals surface area contributed by atoms with Gasteiger partial charge in [0.1, 0.15) is 18.2 Å². The van der Waals surface area contributed by atoms with Gasteiger partial charge in [-0.3, -0.25) is 9.59 Å². The fourth-order valence-corrected chi connectivity index (χ4v) is 3.93. The molecule has 7 heteroatoms. The van der Waals surface area contributed by atoms with E-state index in [1.54, 1.807) is 6.07 Å². The molecule has 0 aliphatic carbocycles. The lowest BCUT2D eigenvalue weighted by atomic mass is 10.0. The second kappa shape index (κ2) is 8.86. The van der Waals surface area contributed by atoms with Gasteiger partial charge in [-0.1, -0.05) is 32.0 Å². The van der Waals surface area contributed by atoms with Crippen LogP contribution in [0.15, 0.2) is 35.7 Å². The second-order valence-electron chi connectivity index (χ2n) is 8.09. The Morgan fingerprint density at radius 2 is 2.03 bits per heavy atom. The SMILES string of the molecule is CC(C)C(NC(=O)c1cccs1)C(=O)NCCOc1cccc2c1OC(C)(C)C2. The third-order valence-electron chi connectivity index (χ3n) is 4.69. The normalized spacial score (nSPS) is 15.3. The van der Waals surface area contributed by atoms with Crippen LogP contribution in [0.1, 0.15) is 42.9 Å². The first-order valence-corrected chi connectivity index (χ1v) is 10.7. The van der Waals surface area contributed by atoms with Gasteiger partial charge in [0.25, 0.3) is 5.91 Å². The number of nitrogens with one attached hydrogen (secondary N) is 2. The van der Waals surface area contributed by atoms with Gasteiger partial charge in [0.05, 0.1) is 11.4 Å². The smallest absolute Gasteiger partial charge is 0.262 e. The number of amides is 2. The Kier molecular flexibility index (Phi) is 6.47. The summed E-state index contributed by atoms with van der Waals surface area (Å²) in [6, 6.07) is 8.82. The summed E-state index contributed by atoms with van der Waals surface area (Å²) in [5, 5.41) is 7.51. The second-order valence-corrected chi connectivity index (χ2v) is 9.04. The molecule has 0 saturated heterocycles. The Morgan fingerprint density at radius 1 is 1.24 bits per heavy atom. The van der Waals surface area contributed by atoms with Crippen molar-refractivity contribution in [1.82, 2.24) is 10.6 Å². The van der Waals surface area contributed by atoms with Crippen molar-refractivity contribution in [3.05, 3.63) is 46.2 Å². The summed E-state index contributed by atoms with van der Waals surface area (Å²) >= 11 is 1.35. The maximum atomic E-state index is 12.6. The minimum atomic E-state index is -0.602. The minimum Gasteiger partial charge on any atom is -0.488 e. The molecule has 2 N–H and O–H groups in total. The standard InChI is InChI=1S/C22H28N2O4S/c1-14(2)18(24-20(25)17-9-6-12-29-17)21(26)23-10-11-27-16-8-5-7-15-13-22(3,4)28-19(15)16/h5-9,12,14,18H,10-11,13H2,1-4H3,(H,23,26)(H,24,25). The average molecular weight is 417 g/mol. The molecule has 1 aromatic heterocycles. The third kappa shape index (κ3) is 5.29. The van der Waals surface area contributed by atoms with Crippen LogP contribution < -0.4 is 20.1 Å². The molecule has 2 amide bonds. The molecular weight excluding hydrogens is 388 g/mol. The topological polar surface area (TPSA) is 76.7 Å². The highest BCUT2D eigenvalue weighted by atomic mass is 32.1. The quantitative estimate of drug-likeness (QED) is 0.647. The number of rotatable bonds is 8. The van der Waals surface area contributed by atoms with Crippen molar-refractivity contribution in [3.8, 4) is 11.5 Å². The molecule has 1 atom stereocenters. The number of carbonyl (C=O) groups excluding carboxylic acids is 2. The van der Waals surface area contributed by atoms with Crippen LogP contribution in [0.2, 0.25) is 0 Å². The zero-order valence-corrected chi connectivity index (χ0v) is 18.1. The van der Waals surface area contributed by atoms with Crippen molar-refractivity contribution in [2.75, 3.05) is 13.2 Å². The zero-order chi connectivity index (χ0) is 21.0. The van der Waals surface area contributed by atoms with E-state index < -0.39 is 6.04 Å². The Bertz CT molecular complexity index is 862. The van der Waals surface area contributed by atoms with E-state index in [1.807, 2.05) is 57.3 Å². The van der Waals surface area contributed by atoms with E-state index >= 15 is 0 Å². The molecule has 0 bridgehead atoms. The van der Waals surface area contributed by atoms with Crippen LogP contribution >= 0.6 is 11.3 Å². The Balaban J connectivity index is 1.50. The largest absolute Gasteiger partial charge is 0.488 e. The molecule has 156 valence electrons. The zero-order valence-electron chi connectivity index (χ0n) is 17.3. The summed E-state index contributed by atoms with van der Waals surface area (Å²) in [5.74, 6) is 0.988. The van der Waals surface area contributed by atoms with Crippen molar-refractivity contribution >= 4 is 23.2 Å². The number of benzene rings is 1. The average Bonchev–Trinajstić information content (AvgIpc) is 3.29. The van der Waals surface area contributed by atoms with Gasteiger partial charge in [-0.15, -0.1) is 11.3 Å². The lowest BCUT2D eigenvalue weighted by Gasteiger charge is -2.21. The molecular formula is C22H28N2O4S. The molecule has 0 fully saturated rings. The van der Waals surface area contributed by atoms with Crippen LogP contribution in [0, 0.1) is 5.92 Å². The van der Waals surface area contributed by atoms with Crippen molar-refractivity contribution in [1.29, 1.82) is 0 Å². The van der Waals surface area contributed by atoms with Gasteiger partial charge < -0.3 is 20.1 Å². The van der Waals surface area contributed by atoms with Gasteiger partial charge in [0.15, 0.2) is 11.5 Å². The molecule has 1 aliphatic rings. The summed E-state index contributed by atoms with van der Waals surface area (Å²) in [4.78, 5) is 25.4. The molecule has 1 aliphatic heterocycles. The lowest BCUT2D eigenvalue weighted by Crippen LogP contribution is -2.50. The summed E-state index contributed by atoms with van der Waals surface area (Å²) < 4.78 is 11.8. The molecule has 2 aromatic rings. The summed E-state index contributed by atoms with van der Waals surface area (Å²) in [6.45, 7) is 8.56. The van der Waals surface area contributed by atoms with E-state index in [1.165, 1.54) is 11.3 Å². The van der Waals surface area contributed by atoms with E-state index in [9.17, 15) is 9.59 Å². The van der Waals surface area contributed by atoms with E-state index in [0.29, 0.717) is 23.8 Å². The highest BCUT2D eigenvalue weighted by molar-refractivity contribution is 7.12. The number of thiophene rings is 1. The molecule has 1 unspecified atom stereocenters. The Hall–Kier alpha value is -2.54. The molecule has 0 spiro atoms. The maximum Gasteiger partial charge on any atom is 0.262 e. The van der Waals surface area contributed by atoms with Crippen molar-refractivity contribution in [3.63, 3.8) is 0 Å². The van der Waals surface area contributed by atoms with Gasteiger partial charge in [-0.2, -0.15) is 0 Å². The Labute approximate surface area is 175 Å². The summed E-state index contributed by atoms with van der Waals surface area (Å²) in [5.41, 5.74) is 0.897. The van der Waals surface area contributed by atoms with Gasteiger partial charge >= 0.3 is 0 Å². The van der Waals surface area contributed by atoms with E-state index in [-0.39, 0.29) is 23.3 Å². The van der Waals surface area contributed by atoms with E-state index in [2.05, 4.69) is 10.6 Å². The molecule has 1 aromatic carbocycles. The lowest BCUT2D eigenvalue weighted by molar-refractivity contribution is -0.124. The molecule has 6 nitrogen and oxygen atoms in total. The fourth-order valence-electron chi connectivity index (χ4n) is 3.30. The number of para-hydroxylation sites is 1. The van der Waals surface area contributed by atoms with Crippen LogP contribution in [0.4, 0.5) is 0 Å². The van der Waals surface area contributed by atoms with Gasteiger partial charge in [-0.25, -0.2) is 0 Å². The van der Waals surface area contributed by atoms with Crippen molar-refractivity contribution in [2.45, 2.75) is 45.8 Å². The highest BCUT2D eigenvalue weighted by Gasteiger charge is 2.32. The fraction of sp³-hybridized carbons (Fsp3) is 0.455. The van der Waals surface area contributed by atoms with Crippen LogP contribution in [0.3, 0.4) is 0 Å². The Morgan fingerprint density at radius 3 is 2.72 bits per heavy atom. The number of hydrogen-bond donors (Lipinski definition) is 2. The molecule has 3 rings (SSSR count). The van der Waals surface area contributed by atoms with Crippen molar-refractivity contribution in [2.24, 2.45) is 5.92 Å². The monoisotopic (exact) mass is 416 g/mol. The predicted octanol–water partition coefficient (Wildman–Crippen LogP) is 3.41. The first-order valence-electron chi connectivity index (χ1n) is 9.82. The minimum absolute atomic E-state index is 0.0344. The molecule has 29 heavy (non-hydrogen) atoms. The van der Waals surface area contributed by atoms with Crippen LogP contribution in [-0.2, 0) is 11.2 Å². The molecule has 0 saturated carbocycles. The predicted molar refractivity (Wildman–Crippen MR) is 114 cm³/mol. The van der Waals surface area contributed by atoms with Crippen LogP contribution in [-0.4, -0.2) is 36.6 Å². The van der Waals surface area contributed by atoms with Crippen LogP contribution in [0.5, 0.6) is 11.5 Å². The highest BCUT2D eigenvalue weighted by Crippen LogP contribution is 2.41. The first kappa shape index (κ1) is 21.2. The molecule has 2 heterocycles. The number of hydrogen-bond acceptors (Lipinski definition) is 5. The third-order valence-corrected chi connectivity index (χ3v) is 5.56. The van der Waals surface area contributed by atoms with E-state index in [4.69, 9.17) is 9.47 Å². The first-order chi connectivity index (χ1) is 13.8. The van der Waals surface area contributed by atoms with Gasteiger partial charge in [-0.05, 0) is 37.3 Å². The number of carbonyl (C=O) groups is 2. The number of fused-ring (bicyclic) bond motifs is 1. The molecule has 0 radical (unpaired) electrons. The van der Waals surface area contributed by atoms with Gasteiger partial charge in [0.2, 0.25) is 5.91 Å². The van der Waals surface area contributed by atoms with Crippen molar-refractivity contribution < 1.29 is 19.1 Å². The number of ether oxygens (including phenoxy) is 2. The van der Waals surface area contributed by atoms with Gasteiger partial charge in [0, 0.05) is 12.0 Å².